The molecule has 0 aliphatic carbocycles. The molecule has 0 amide bonds. The number of para-hydroxylation sites is 1. The molecule has 1 aliphatic rings. The van der Waals surface area contributed by atoms with Crippen molar-refractivity contribution in [3.8, 4) is 0 Å². The summed E-state index contributed by atoms with van der Waals surface area (Å²) in [6, 6.07) is 8.26. The maximum Gasteiger partial charge on any atom is 0.0664 e. The van der Waals surface area contributed by atoms with E-state index in [9.17, 15) is 0 Å². The Balaban J connectivity index is 2.59. The lowest BCUT2D eigenvalue weighted by molar-refractivity contribution is 1.08. The van der Waals surface area contributed by atoms with Crippen molar-refractivity contribution in [1.29, 1.82) is 0 Å². The van der Waals surface area contributed by atoms with Crippen LogP contribution in [0.4, 0.5) is 5.69 Å². The van der Waals surface area contributed by atoms with Crippen LogP contribution in [-0.4, -0.2) is 6.21 Å². The van der Waals surface area contributed by atoms with Gasteiger partial charge in [0, 0.05) is 12.1 Å². The van der Waals surface area contributed by atoms with Gasteiger partial charge >= 0.3 is 0 Å². The standard InChI is InChI=1S/C9H9N/c1-7-6-10-9-5-3-2-4-8(7)9/h2-7H,1H3. The predicted octanol–water partition coefficient (Wildman–Crippen LogP) is 2.51. The average molecular weight is 131 g/mol. The molecule has 10 heavy (non-hydrogen) atoms. The fourth-order valence-corrected chi connectivity index (χ4v) is 1.26. The molecule has 1 heterocycles. The van der Waals surface area contributed by atoms with Gasteiger partial charge in [0.2, 0.25) is 0 Å². The van der Waals surface area contributed by atoms with Crippen LogP contribution in [0.15, 0.2) is 29.3 Å². The van der Waals surface area contributed by atoms with E-state index in [1.165, 1.54) is 5.56 Å². The molecule has 1 heteroatoms. The van der Waals surface area contributed by atoms with E-state index in [1.807, 2.05) is 12.3 Å². The number of hydrogen-bond donors (Lipinski definition) is 0. The van der Waals surface area contributed by atoms with Crippen molar-refractivity contribution in [2.75, 3.05) is 0 Å². The second-order valence-electron chi connectivity index (χ2n) is 2.63. The van der Waals surface area contributed by atoms with Gasteiger partial charge in [-0.1, -0.05) is 25.1 Å². The second kappa shape index (κ2) is 1.94. The summed E-state index contributed by atoms with van der Waals surface area (Å²) in [6.07, 6.45) is 1.99. The first-order valence-corrected chi connectivity index (χ1v) is 3.51. The Kier molecular flexibility index (Phi) is 1.10. The number of hydrogen-bond acceptors (Lipinski definition) is 1. The Labute approximate surface area is 60.4 Å². The van der Waals surface area contributed by atoms with Gasteiger partial charge < -0.3 is 0 Å². The minimum Gasteiger partial charge on any atom is -0.260 e. The average Bonchev–Trinajstić information content (AvgIpc) is 2.34. The van der Waals surface area contributed by atoms with Crippen molar-refractivity contribution in [2.45, 2.75) is 12.8 Å². The van der Waals surface area contributed by atoms with Crippen LogP contribution >= 0.6 is 0 Å². The molecule has 1 nitrogen and oxygen atoms in total. The largest absolute Gasteiger partial charge is 0.260 e. The molecular weight excluding hydrogens is 122 g/mol. The molecule has 0 N–H and O–H groups in total. The van der Waals surface area contributed by atoms with Gasteiger partial charge in [0.25, 0.3) is 0 Å². The summed E-state index contributed by atoms with van der Waals surface area (Å²) in [6.45, 7) is 2.16. The van der Waals surface area contributed by atoms with Crippen LogP contribution in [0.1, 0.15) is 18.4 Å². The van der Waals surface area contributed by atoms with Gasteiger partial charge in [-0.15, -0.1) is 0 Å². The summed E-state index contributed by atoms with van der Waals surface area (Å²) in [4.78, 5) is 4.26. The maximum absolute atomic E-state index is 4.26. The van der Waals surface area contributed by atoms with Gasteiger partial charge in [-0.2, -0.15) is 0 Å². The topological polar surface area (TPSA) is 12.4 Å². The Bertz CT molecular complexity index is 276. The van der Waals surface area contributed by atoms with E-state index in [4.69, 9.17) is 0 Å². The van der Waals surface area contributed by atoms with Gasteiger partial charge in [-0.3, -0.25) is 4.99 Å². The Hall–Kier alpha value is -1.11. The van der Waals surface area contributed by atoms with Crippen molar-refractivity contribution >= 4 is 11.9 Å². The summed E-state index contributed by atoms with van der Waals surface area (Å²) >= 11 is 0. The Morgan fingerprint density at radius 2 is 2.10 bits per heavy atom. The van der Waals surface area contributed by atoms with Crippen LogP contribution in [-0.2, 0) is 0 Å². The predicted molar refractivity (Wildman–Crippen MR) is 43.0 cm³/mol. The van der Waals surface area contributed by atoms with Crippen molar-refractivity contribution in [3.05, 3.63) is 29.8 Å². The normalized spacial score (nSPS) is 21.1. The first kappa shape index (κ1) is 5.66. The van der Waals surface area contributed by atoms with E-state index in [0.29, 0.717) is 5.92 Å². The molecule has 0 saturated carbocycles. The minimum atomic E-state index is 0.510. The van der Waals surface area contributed by atoms with Crippen LogP contribution in [0.2, 0.25) is 0 Å². The zero-order valence-corrected chi connectivity index (χ0v) is 5.91. The van der Waals surface area contributed by atoms with Crippen LogP contribution in [0.5, 0.6) is 0 Å². The summed E-state index contributed by atoms with van der Waals surface area (Å²) < 4.78 is 0. The molecule has 0 saturated heterocycles. The highest BCUT2D eigenvalue weighted by Gasteiger charge is 2.11. The van der Waals surface area contributed by atoms with Crippen LogP contribution in [0.3, 0.4) is 0 Å². The Morgan fingerprint density at radius 1 is 1.30 bits per heavy atom. The van der Waals surface area contributed by atoms with Crippen LogP contribution in [0.25, 0.3) is 0 Å². The molecule has 1 aromatic rings. The minimum absolute atomic E-state index is 0.510. The van der Waals surface area contributed by atoms with E-state index < -0.39 is 0 Å². The number of benzene rings is 1. The zero-order chi connectivity index (χ0) is 6.97. The fraction of sp³-hybridized carbons (Fsp3) is 0.222. The number of nitrogens with zero attached hydrogens (tertiary/aromatic N) is 1. The molecule has 0 spiro atoms. The quantitative estimate of drug-likeness (QED) is 0.513. The summed E-state index contributed by atoms with van der Waals surface area (Å²) in [5.41, 5.74) is 2.48. The summed E-state index contributed by atoms with van der Waals surface area (Å²) in [7, 11) is 0. The molecule has 0 aromatic heterocycles. The smallest absolute Gasteiger partial charge is 0.0664 e. The van der Waals surface area contributed by atoms with Gasteiger partial charge in [0.1, 0.15) is 0 Å². The molecule has 2 rings (SSSR count). The first-order valence-electron chi connectivity index (χ1n) is 3.51. The molecule has 1 aromatic carbocycles. The molecule has 1 aliphatic heterocycles. The maximum atomic E-state index is 4.26. The van der Waals surface area contributed by atoms with Crippen molar-refractivity contribution in [2.24, 2.45) is 4.99 Å². The van der Waals surface area contributed by atoms with Gasteiger partial charge in [-0.25, -0.2) is 0 Å². The van der Waals surface area contributed by atoms with Crippen LogP contribution < -0.4 is 0 Å². The third-order valence-electron chi connectivity index (χ3n) is 1.86. The fourth-order valence-electron chi connectivity index (χ4n) is 1.26. The highest BCUT2D eigenvalue weighted by atomic mass is 14.8. The van der Waals surface area contributed by atoms with E-state index >= 15 is 0 Å². The van der Waals surface area contributed by atoms with Gasteiger partial charge in [0.15, 0.2) is 0 Å². The Morgan fingerprint density at radius 3 is 2.90 bits per heavy atom. The second-order valence-corrected chi connectivity index (χ2v) is 2.63. The number of fused-ring (bicyclic) bond motifs is 1. The van der Waals surface area contributed by atoms with Crippen LogP contribution in [0, 0.1) is 0 Å². The zero-order valence-electron chi connectivity index (χ0n) is 5.91. The van der Waals surface area contributed by atoms with E-state index in [-0.39, 0.29) is 0 Å². The van der Waals surface area contributed by atoms with Crippen molar-refractivity contribution < 1.29 is 0 Å². The van der Waals surface area contributed by atoms with Gasteiger partial charge in [-0.05, 0) is 11.6 Å². The molecule has 0 fully saturated rings. The highest BCUT2D eigenvalue weighted by Crippen LogP contribution is 2.30. The SMILES string of the molecule is CC1C=Nc2ccccc21. The molecule has 50 valence electrons. The lowest BCUT2D eigenvalue weighted by Gasteiger charge is -1.99. The number of rotatable bonds is 0. The molecule has 0 bridgehead atoms. The van der Waals surface area contributed by atoms with E-state index in [2.05, 4.69) is 30.1 Å². The van der Waals surface area contributed by atoms with E-state index in [1.54, 1.807) is 0 Å². The third kappa shape index (κ3) is 0.670. The van der Waals surface area contributed by atoms with Gasteiger partial charge in [0.05, 0.1) is 5.69 Å². The summed E-state index contributed by atoms with van der Waals surface area (Å²) in [5.74, 6) is 0.510. The first-order chi connectivity index (χ1) is 4.88. The lowest BCUT2D eigenvalue weighted by Crippen LogP contribution is -1.86. The summed E-state index contributed by atoms with van der Waals surface area (Å²) in [5, 5.41) is 0. The highest BCUT2D eigenvalue weighted by molar-refractivity contribution is 5.79. The molecule has 0 radical (unpaired) electrons. The van der Waals surface area contributed by atoms with Crippen molar-refractivity contribution in [3.63, 3.8) is 0 Å². The number of aliphatic imine (C=N–C) groups is 1. The monoisotopic (exact) mass is 131 g/mol. The molecule has 1 unspecified atom stereocenters. The molecular formula is C9H9N. The van der Waals surface area contributed by atoms with E-state index in [0.717, 1.165) is 5.69 Å². The van der Waals surface area contributed by atoms with Crippen molar-refractivity contribution in [1.82, 2.24) is 0 Å². The lowest BCUT2D eigenvalue weighted by atomic mass is 10.0. The third-order valence-corrected chi connectivity index (χ3v) is 1.86. The molecule has 1 atom stereocenters.